The number of hydrogen-bond acceptors (Lipinski definition) is 7. The SMILES string of the molecule is C/C=C(\N=C(N=C(C)N)C(=N)OC(N)=O)c1cccc(Cl)c1.CNCC1CCC(C)CC1.NC(O)C1CCCCC1. The Balaban J connectivity index is 0.000000361. The third kappa shape index (κ3) is 15.7. The number of nitrogens with two attached hydrogens (primary N) is 3. The summed E-state index contributed by atoms with van der Waals surface area (Å²) < 4.78 is 4.49. The van der Waals surface area contributed by atoms with Gasteiger partial charge in [0, 0.05) is 10.6 Å². The fourth-order valence-corrected chi connectivity index (χ4v) is 4.99. The third-order valence-corrected chi connectivity index (χ3v) is 7.30. The van der Waals surface area contributed by atoms with E-state index in [-0.39, 0.29) is 11.7 Å². The number of nitrogens with one attached hydrogen (secondary N) is 2. The van der Waals surface area contributed by atoms with Gasteiger partial charge in [0.1, 0.15) is 6.23 Å². The number of halogens is 1. The van der Waals surface area contributed by atoms with E-state index in [2.05, 4.69) is 34.0 Å². The number of aliphatic imine (C=N–C) groups is 2. The fraction of sp³-hybridized carbons (Fsp3) is 0.600. The van der Waals surface area contributed by atoms with Crippen LogP contribution in [-0.2, 0) is 4.74 Å². The van der Waals surface area contributed by atoms with Crippen molar-refractivity contribution in [3.63, 3.8) is 0 Å². The predicted octanol–water partition coefficient (Wildman–Crippen LogP) is 5.42. The van der Waals surface area contributed by atoms with Crippen molar-refractivity contribution in [3.05, 3.63) is 40.9 Å². The van der Waals surface area contributed by atoms with Crippen LogP contribution in [0.4, 0.5) is 4.79 Å². The number of carbonyl (C=O) groups excluding carboxylic acids is 1. The molecule has 0 aromatic heterocycles. The molecule has 0 aliphatic heterocycles. The Hall–Kier alpha value is -2.79. The van der Waals surface area contributed by atoms with E-state index >= 15 is 0 Å². The van der Waals surface area contributed by atoms with Gasteiger partial charge in [0.25, 0.3) is 5.90 Å². The predicted molar refractivity (Wildman–Crippen MR) is 170 cm³/mol. The molecule has 1 aromatic carbocycles. The summed E-state index contributed by atoms with van der Waals surface area (Å²) in [5.41, 5.74) is 16.9. The maximum atomic E-state index is 10.8. The van der Waals surface area contributed by atoms with Crippen LogP contribution in [-0.4, -0.2) is 48.6 Å². The summed E-state index contributed by atoms with van der Waals surface area (Å²) in [6.07, 6.45) is 11.9. The molecule has 1 unspecified atom stereocenters. The van der Waals surface area contributed by atoms with Crippen molar-refractivity contribution in [1.82, 2.24) is 5.32 Å². The highest BCUT2D eigenvalue weighted by atomic mass is 35.5. The molecule has 3 rings (SSSR count). The van der Waals surface area contributed by atoms with Crippen molar-refractivity contribution in [2.75, 3.05) is 13.6 Å². The van der Waals surface area contributed by atoms with Gasteiger partial charge in [-0.05, 0) is 83.0 Å². The second kappa shape index (κ2) is 20.1. The van der Waals surface area contributed by atoms with Crippen LogP contribution in [0.25, 0.3) is 5.70 Å². The van der Waals surface area contributed by atoms with Crippen molar-refractivity contribution in [2.45, 2.75) is 84.8 Å². The largest absolute Gasteiger partial charge is 0.411 e. The van der Waals surface area contributed by atoms with Crippen LogP contribution in [0, 0.1) is 23.2 Å². The van der Waals surface area contributed by atoms with Crippen molar-refractivity contribution in [1.29, 1.82) is 5.41 Å². The highest BCUT2D eigenvalue weighted by Gasteiger charge is 2.18. The summed E-state index contributed by atoms with van der Waals surface area (Å²) in [4.78, 5) is 18.8. The Morgan fingerprint density at radius 3 is 2.27 bits per heavy atom. The fourth-order valence-electron chi connectivity index (χ4n) is 4.80. The Morgan fingerprint density at radius 2 is 1.80 bits per heavy atom. The van der Waals surface area contributed by atoms with E-state index in [1.807, 2.05) is 0 Å². The van der Waals surface area contributed by atoms with Gasteiger partial charge in [-0.2, -0.15) is 0 Å². The number of carbonyl (C=O) groups is 1. The number of hydrogen-bond donors (Lipinski definition) is 6. The smallest absolute Gasteiger partial charge is 0.388 e. The van der Waals surface area contributed by atoms with Crippen molar-refractivity contribution < 1.29 is 14.6 Å². The van der Waals surface area contributed by atoms with Gasteiger partial charge >= 0.3 is 6.09 Å². The van der Waals surface area contributed by atoms with Crippen LogP contribution in [0.2, 0.25) is 5.02 Å². The molecule has 1 atom stereocenters. The van der Waals surface area contributed by atoms with Gasteiger partial charge in [-0.3, -0.25) is 5.41 Å². The Labute approximate surface area is 250 Å². The van der Waals surface area contributed by atoms with Crippen LogP contribution >= 0.6 is 11.6 Å². The molecule has 0 bridgehead atoms. The first-order chi connectivity index (χ1) is 19.5. The molecule has 0 heterocycles. The lowest BCUT2D eigenvalue weighted by Crippen LogP contribution is -2.30. The minimum Gasteiger partial charge on any atom is -0.388 e. The number of amidine groups is 2. The Morgan fingerprint density at radius 1 is 1.17 bits per heavy atom. The van der Waals surface area contributed by atoms with Gasteiger partial charge in [-0.1, -0.05) is 68.8 Å². The summed E-state index contributed by atoms with van der Waals surface area (Å²) in [5, 5.41) is 20.4. The lowest BCUT2D eigenvalue weighted by molar-refractivity contribution is 0.0906. The first-order valence-corrected chi connectivity index (χ1v) is 14.8. The van der Waals surface area contributed by atoms with Crippen molar-refractivity contribution in [2.24, 2.45) is 44.9 Å². The van der Waals surface area contributed by atoms with E-state index in [1.165, 1.54) is 58.4 Å². The molecule has 9 N–H and O–H groups in total. The van der Waals surface area contributed by atoms with Crippen LogP contribution < -0.4 is 22.5 Å². The van der Waals surface area contributed by atoms with Gasteiger partial charge < -0.3 is 32.4 Å². The van der Waals surface area contributed by atoms with Crippen LogP contribution in [0.1, 0.15) is 84.1 Å². The van der Waals surface area contributed by atoms with Crippen molar-refractivity contribution in [3.8, 4) is 0 Å². The molecule has 2 aliphatic carbocycles. The van der Waals surface area contributed by atoms with Gasteiger partial charge in [0.05, 0.1) is 11.5 Å². The molecule has 2 saturated carbocycles. The molecular formula is C30H50ClN7O3. The zero-order valence-corrected chi connectivity index (χ0v) is 25.8. The molecule has 230 valence electrons. The highest BCUT2D eigenvalue weighted by molar-refractivity contribution is 6.40. The van der Waals surface area contributed by atoms with Gasteiger partial charge in [0.2, 0.25) is 5.84 Å². The lowest BCUT2D eigenvalue weighted by atomic mass is 9.83. The minimum absolute atomic E-state index is 0.151. The second-order valence-corrected chi connectivity index (χ2v) is 11.1. The number of amides is 1. The monoisotopic (exact) mass is 591 g/mol. The molecule has 2 aliphatic rings. The van der Waals surface area contributed by atoms with Gasteiger partial charge in [0.15, 0.2) is 0 Å². The van der Waals surface area contributed by atoms with Crippen LogP contribution in [0.5, 0.6) is 0 Å². The number of aliphatic hydroxyl groups is 1. The van der Waals surface area contributed by atoms with E-state index in [1.54, 1.807) is 37.3 Å². The number of primary amides is 1. The maximum absolute atomic E-state index is 10.8. The average Bonchev–Trinajstić information content (AvgIpc) is 2.93. The average molecular weight is 592 g/mol. The molecule has 2 fully saturated rings. The number of aliphatic hydroxyl groups excluding tert-OH is 1. The summed E-state index contributed by atoms with van der Waals surface area (Å²) in [6.45, 7) is 6.87. The lowest BCUT2D eigenvalue weighted by Gasteiger charge is -2.25. The normalized spacial score (nSPS) is 21.0. The first kappa shape index (κ1) is 36.2. The molecule has 0 saturated heterocycles. The molecule has 0 radical (unpaired) electrons. The summed E-state index contributed by atoms with van der Waals surface area (Å²) >= 11 is 5.95. The first-order valence-electron chi connectivity index (χ1n) is 14.4. The molecule has 1 amide bonds. The zero-order chi connectivity index (χ0) is 30.8. The standard InChI is InChI=1S/C14H16ClN5O2.C9H19N.C7H15NO/c1-3-11(9-5-4-6-10(15)7-9)20-13(19-8(2)16)12(17)22-14(18)21;1-8-3-5-9(6-4-8)7-10-2;8-7(9)6-4-2-1-3-5-6/h3-7,17H,1-2H3,(H2,18,21)(H2,16,19,20);8-10H,3-7H2,1-2H3;6-7,9H,1-5,8H2/b11-3-,17-12?;;. The topological polar surface area (TPSA) is 185 Å². The molecule has 1 aromatic rings. The highest BCUT2D eigenvalue weighted by Crippen LogP contribution is 2.27. The molecule has 11 heteroatoms. The number of benzene rings is 1. The van der Waals surface area contributed by atoms with Gasteiger partial charge in [-0.15, -0.1) is 0 Å². The van der Waals surface area contributed by atoms with E-state index in [0.29, 0.717) is 22.2 Å². The Bertz CT molecular complexity index is 1020. The van der Waals surface area contributed by atoms with E-state index in [4.69, 9.17) is 39.3 Å². The van der Waals surface area contributed by atoms with E-state index in [0.717, 1.165) is 24.7 Å². The summed E-state index contributed by atoms with van der Waals surface area (Å²) in [6, 6.07) is 6.98. The van der Waals surface area contributed by atoms with E-state index in [9.17, 15) is 4.79 Å². The molecular weight excluding hydrogens is 542 g/mol. The van der Waals surface area contributed by atoms with Gasteiger partial charge in [-0.25, -0.2) is 14.8 Å². The molecule has 0 spiro atoms. The van der Waals surface area contributed by atoms with E-state index < -0.39 is 18.2 Å². The second-order valence-electron chi connectivity index (χ2n) is 10.7. The van der Waals surface area contributed by atoms with Crippen LogP contribution in [0.3, 0.4) is 0 Å². The third-order valence-electron chi connectivity index (χ3n) is 7.07. The maximum Gasteiger partial charge on any atom is 0.411 e. The number of ether oxygens (including phenoxy) is 1. The van der Waals surface area contributed by atoms with Crippen LogP contribution in [0.15, 0.2) is 40.3 Å². The number of nitrogens with zero attached hydrogens (tertiary/aromatic N) is 2. The minimum atomic E-state index is -1.13. The summed E-state index contributed by atoms with van der Waals surface area (Å²) in [5.74, 6) is 1.73. The number of allylic oxidation sites excluding steroid dienone is 1. The quantitative estimate of drug-likeness (QED) is 0.151. The molecule has 41 heavy (non-hydrogen) atoms. The summed E-state index contributed by atoms with van der Waals surface area (Å²) in [7, 11) is 2.05. The van der Waals surface area contributed by atoms with Crippen molar-refractivity contribution >= 4 is 41.0 Å². The molecule has 10 nitrogen and oxygen atoms in total. The zero-order valence-electron chi connectivity index (χ0n) is 25.0. The Kier molecular flexibility index (Phi) is 17.8. The number of rotatable bonds is 5.